The van der Waals surface area contributed by atoms with Crippen LogP contribution in [0.1, 0.15) is 25.7 Å². The first-order chi connectivity index (χ1) is 7.29. The van der Waals surface area contributed by atoms with Crippen LogP contribution >= 0.6 is 11.6 Å². The van der Waals surface area contributed by atoms with Crippen LogP contribution in [0.5, 0.6) is 0 Å². The molecule has 1 aromatic heterocycles. The topological polar surface area (TPSA) is 42.2 Å². The third-order valence-corrected chi connectivity index (χ3v) is 2.88. The molecule has 15 heavy (non-hydrogen) atoms. The molecule has 2 rings (SSSR count). The minimum atomic E-state index is 0.526. The van der Waals surface area contributed by atoms with E-state index in [1.54, 1.807) is 0 Å². The van der Waals surface area contributed by atoms with Gasteiger partial charge in [-0.3, -0.25) is 0 Å². The first-order valence-electron chi connectivity index (χ1n) is 5.43. The van der Waals surface area contributed by atoms with Crippen molar-refractivity contribution < 1.29 is 4.42 Å². The summed E-state index contributed by atoms with van der Waals surface area (Å²) in [5, 5.41) is 8.01. The van der Waals surface area contributed by atoms with Gasteiger partial charge in [0.15, 0.2) is 0 Å². The second-order valence-electron chi connectivity index (χ2n) is 4.11. The predicted octanol–water partition coefficient (Wildman–Crippen LogP) is 2.09. The maximum atomic E-state index is 5.61. The molecule has 0 saturated carbocycles. The summed E-state index contributed by atoms with van der Waals surface area (Å²) in [6.07, 6.45) is 3.14. The van der Waals surface area contributed by atoms with Gasteiger partial charge in [0.1, 0.15) is 0 Å². The molecule has 1 aromatic rings. The quantitative estimate of drug-likeness (QED) is 0.745. The first kappa shape index (κ1) is 10.7. The number of hydrogen-bond donors (Lipinski definition) is 0. The fourth-order valence-corrected chi connectivity index (χ4v) is 2.08. The molecule has 1 aliphatic heterocycles. The molecule has 0 N–H and O–H groups in total. The summed E-state index contributed by atoms with van der Waals surface area (Å²) in [5.41, 5.74) is 0. The summed E-state index contributed by atoms with van der Waals surface area (Å²) in [5.74, 6) is 1.87. The molecule has 0 amide bonds. The second kappa shape index (κ2) is 4.84. The van der Waals surface area contributed by atoms with Crippen molar-refractivity contribution >= 4 is 17.6 Å². The van der Waals surface area contributed by atoms with E-state index >= 15 is 0 Å². The van der Waals surface area contributed by atoms with Gasteiger partial charge in [0.05, 0.1) is 0 Å². The zero-order valence-corrected chi connectivity index (χ0v) is 9.70. The molecule has 84 valence electrons. The molecule has 2 heterocycles. The summed E-state index contributed by atoms with van der Waals surface area (Å²) in [7, 11) is 0. The molecular formula is C10H16ClN3O. The van der Waals surface area contributed by atoms with Crippen molar-refractivity contribution in [1.29, 1.82) is 0 Å². The fourth-order valence-electron chi connectivity index (χ4n) is 1.92. The highest BCUT2D eigenvalue weighted by Gasteiger charge is 2.20. The number of aryl methyl sites for hydroxylation is 1. The molecule has 1 saturated heterocycles. The minimum Gasteiger partial charge on any atom is -0.408 e. The van der Waals surface area contributed by atoms with Crippen LogP contribution in [0.3, 0.4) is 0 Å². The van der Waals surface area contributed by atoms with Gasteiger partial charge in [-0.2, -0.15) is 0 Å². The lowest BCUT2D eigenvalue weighted by atomic mass is 10.0. The molecule has 0 aromatic carbocycles. The number of rotatable bonds is 3. The van der Waals surface area contributed by atoms with Gasteiger partial charge >= 0.3 is 6.01 Å². The molecule has 5 heteroatoms. The molecular weight excluding hydrogens is 214 g/mol. The summed E-state index contributed by atoms with van der Waals surface area (Å²) < 4.78 is 5.53. The molecule has 0 bridgehead atoms. The molecule has 1 unspecified atom stereocenters. The van der Waals surface area contributed by atoms with Gasteiger partial charge in [0.2, 0.25) is 5.89 Å². The maximum Gasteiger partial charge on any atom is 0.318 e. The Labute approximate surface area is 94.6 Å². The Hall–Kier alpha value is -0.770. The number of piperidine rings is 1. The number of nitrogens with zero attached hydrogens (tertiary/aromatic N) is 3. The van der Waals surface area contributed by atoms with Gasteiger partial charge in [-0.1, -0.05) is 12.0 Å². The van der Waals surface area contributed by atoms with Crippen molar-refractivity contribution in [1.82, 2.24) is 10.2 Å². The van der Waals surface area contributed by atoms with Crippen LogP contribution in [0.15, 0.2) is 4.42 Å². The van der Waals surface area contributed by atoms with Crippen molar-refractivity contribution in [2.24, 2.45) is 5.92 Å². The Balaban J connectivity index is 2.01. The van der Waals surface area contributed by atoms with Crippen molar-refractivity contribution in [2.75, 3.05) is 23.9 Å². The third-order valence-electron chi connectivity index (χ3n) is 2.69. The van der Waals surface area contributed by atoms with Crippen molar-refractivity contribution in [3.63, 3.8) is 0 Å². The number of aromatic nitrogens is 2. The Morgan fingerprint density at radius 1 is 1.53 bits per heavy atom. The monoisotopic (exact) mass is 229 g/mol. The average Bonchev–Trinajstić information content (AvgIpc) is 2.67. The van der Waals surface area contributed by atoms with Crippen LogP contribution < -0.4 is 4.90 Å². The van der Waals surface area contributed by atoms with Crippen LogP contribution in [0.25, 0.3) is 0 Å². The Morgan fingerprint density at radius 2 is 2.40 bits per heavy atom. The molecule has 1 fully saturated rings. The molecule has 4 nitrogen and oxygen atoms in total. The van der Waals surface area contributed by atoms with Gasteiger partial charge < -0.3 is 9.32 Å². The van der Waals surface area contributed by atoms with Crippen molar-refractivity contribution in [2.45, 2.75) is 26.2 Å². The SMILES string of the molecule is CC1CCCN(c2nnc(CCCl)o2)C1. The van der Waals surface area contributed by atoms with Gasteiger partial charge in [0, 0.05) is 25.4 Å². The lowest BCUT2D eigenvalue weighted by molar-refractivity contribution is 0.408. The van der Waals surface area contributed by atoms with Gasteiger partial charge in [0.25, 0.3) is 0 Å². The summed E-state index contributed by atoms with van der Waals surface area (Å²) in [6, 6.07) is 0.654. The Bertz CT molecular complexity index is 315. The predicted molar refractivity (Wildman–Crippen MR) is 59.3 cm³/mol. The Morgan fingerprint density at radius 3 is 3.13 bits per heavy atom. The van der Waals surface area contributed by atoms with E-state index in [-0.39, 0.29) is 0 Å². The minimum absolute atomic E-state index is 0.526. The smallest absolute Gasteiger partial charge is 0.318 e. The van der Waals surface area contributed by atoms with Gasteiger partial charge in [-0.25, -0.2) is 0 Å². The lowest BCUT2D eigenvalue weighted by Gasteiger charge is -2.28. The third kappa shape index (κ3) is 2.62. The van der Waals surface area contributed by atoms with E-state index in [9.17, 15) is 0 Å². The lowest BCUT2D eigenvalue weighted by Crippen LogP contribution is -2.34. The van der Waals surface area contributed by atoms with E-state index < -0.39 is 0 Å². The molecule has 1 atom stereocenters. The molecule has 0 radical (unpaired) electrons. The zero-order valence-electron chi connectivity index (χ0n) is 8.95. The largest absolute Gasteiger partial charge is 0.408 e. The average molecular weight is 230 g/mol. The van der Waals surface area contributed by atoms with Crippen molar-refractivity contribution in [3.8, 4) is 0 Å². The van der Waals surface area contributed by atoms with E-state index in [1.165, 1.54) is 12.8 Å². The van der Waals surface area contributed by atoms with E-state index in [1.807, 2.05) is 0 Å². The van der Waals surface area contributed by atoms with E-state index in [2.05, 4.69) is 22.0 Å². The van der Waals surface area contributed by atoms with Crippen molar-refractivity contribution in [3.05, 3.63) is 5.89 Å². The summed E-state index contributed by atoms with van der Waals surface area (Å²) in [4.78, 5) is 2.17. The van der Waals surface area contributed by atoms with Crippen LogP contribution in [-0.2, 0) is 6.42 Å². The normalized spacial score (nSPS) is 22.0. The van der Waals surface area contributed by atoms with Gasteiger partial charge in [-0.05, 0) is 18.8 Å². The maximum absolute atomic E-state index is 5.61. The standard InChI is InChI=1S/C10H16ClN3O/c1-8-3-2-6-14(7-8)10-13-12-9(15-10)4-5-11/h8H,2-7H2,1H3. The second-order valence-corrected chi connectivity index (χ2v) is 4.49. The fraction of sp³-hybridized carbons (Fsp3) is 0.800. The van der Waals surface area contributed by atoms with E-state index in [0.29, 0.717) is 30.1 Å². The molecule has 0 spiro atoms. The van der Waals surface area contributed by atoms with Crippen LogP contribution in [0.4, 0.5) is 6.01 Å². The number of hydrogen-bond acceptors (Lipinski definition) is 4. The summed E-state index contributed by atoms with van der Waals surface area (Å²) >= 11 is 5.61. The molecule has 1 aliphatic rings. The van der Waals surface area contributed by atoms with Crippen LogP contribution in [-0.4, -0.2) is 29.2 Å². The number of halogens is 1. The molecule has 0 aliphatic carbocycles. The highest BCUT2D eigenvalue weighted by molar-refractivity contribution is 6.17. The zero-order chi connectivity index (χ0) is 10.7. The number of anilines is 1. The highest BCUT2D eigenvalue weighted by Crippen LogP contribution is 2.21. The summed E-state index contributed by atoms with van der Waals surface area (Å²) in [6.45, 7) is 4.29. The van der Waals surface area contributed by atoms with Crippen LogP contribution in [0, 0.1) is 5.92 Å². The highest BCUT2D eigenvalue weighted by atomic mass is 35.5. The Kier molecular flexibility index (Phi) is 3.46. The van der Waals surface area contributed by atoms with E-state index in [4.69, 9.17) is 16.0 Å². The first-order valence-corrected chi connectivity index (χ1v) is 5.96. The van der Waals surface area contributed by atoms with Crippen LogP contribution in [0.2, 0.25) is 0 Å². The van der Waals surface area contributed by atoms with Gasteiger partial charge in [-0.15, -0.1) is 16.7 Å². The van der Waals surface area contributed by atoms with E-state index in [0.717, 1.165) is 13.1 Å². The number of alkyl halides is 1.